The van der Waals surface area contributed by atoms with E-state index in [1.807, 2.05) is 48.5 Å². The minimum Gasteiger partial charge on any atom is -0.392 e. The minimum absolute atomic E-state index is 0.0273. The van der Waals surface area contributed by atoms with Gasteiger partial charge in [-0.25, -0.2) is 0 Å². The molecule has 0 spiro atoms. The molecule has 0 saturated carbocycles. The number of amides is 1. The molecule has 3 atom stereocenters. The number of aliphatic hydroxyl groups is 1. The number of hydrogen-bond acceptors (Lipinski definition) is 8. The van der Waals surface area contributed by atoms with Gasteiger partial charge in [0, 0.05) is 69.1 Å². The molecule has 2 N–H and O–H groups in total. The van der Waals surface area contributed by atoms with Gasteiger partial charge in [0.2, 0.25) is 0 Å². The Morgan fingerprint density at radius 1 is 0.909 bits per heavy atom. The summed E-state index contributed by atoms with van der Waals surface area (Å²) in [5.74, 6) is -0.697. The normalized spacial score (nSPS) is 21.2. The Labute approximate surface area is 270 Å². The van der Waals surface area contributed by atoms with Crippen molar-refractivity contribution in [2.75, 3.05) is 37.6 Å². The molecule has 0 radical (unpaired) electrons. The van der Waals surface area contributed by atoms with Crippen LogP contribution in [0.3, 0.4) is 0 Å². The van der Waals surface area contributed by atoms with Gasteiger partial charge in [0.05, 0.1) is 23.7 Å². The fourth-order valence-electron chi connectivity index (χ4n) is 5.37. The number of nitrogens with zero attached hydrogens (tertiary/aromatic N) is 3. The van der Waals surface area contributed by atoms with Gasteiger partial charge in [-0.05, 0) is 28.8 Å². The monoisotopic (exact) mass is 662 g/mol. The van der Waals surface area contributed by atoms with Gasteiger partial charge < -0.3 is 24.8 Å². The average molecular weight is 664 g/mol. The second-order valence-electron chi connectivity index (χ2n) is 10.8. The molecule has 2 aliphatic rings. The van der Waals surface area contributed by atoms with Crippen molar-refractivity contribution < 1.29 is 24.3 Å². The molecule has 5 rings (SSSR count). The van der Waals surface area contributed by atoms with E-state index in [0.29, 0.717) is 6.42 Å². The Morgan fingerprint density at radius 3 is 2.11 bits per heavy atom. The summed E-state index contributed by atoms with van der Waals surface area (Å²) in [5, 5.41) is 23.1. The third-order valence-electron chi connectivity index (χ3n) is 7.84. The summed E-state index contributed by atoms with van der Waals surface area (Å²) in [7, 11) is 0. The van der Waals surface area contributed by atoms with E-state index in [2.05, 4.69) is 15.1 Å². The lowest BCUT2D eigenvalue weighted by atomic mass is 9.99. The molecule has 44 heavy (non-hydrogen) atoms. The molecule has 13 heteroatoms. The number of alkyl halides is 3. The Bertz CT molecular complexity index is 1410. The number of benzene rings is 3. The predicted molar refractivity (Wildman–Crippen MR) is 169 cm³/mol. The first-order chi connectivity index (χ1) is 21.1. The fraction of sp³-hybridized carbons (Fsp3) is 0.387. The topological polar surface area (TPSA) is 117 Å². The second kappa shape index (κ2) is 14.4. The van der Waals surface area contributed by atoms with Gasteiger partial charge >= 0.3 is 0 Å². The molecule has 1 amide bonds. The van der Waals surface area contributed by atoms with Crippen LogP contribution in [0.15, 0.2) is 72.8 Å². The third kappa shape index (κ3) is 8.39. The zero-order valence-corrected chi connectivity index (χ0v) is 26.0. The highest BCUT2D eigenvalue weighted by molar-refractivity contribution is 6.76. The second-order valence-corrected chi connectivity index (χ2v) is 13.1. The highest BCUT2D eigenvalue weighted by atomic mass is 35.6. The Balaban J connectivity index is 1.24. The third-order valence-corrected chi connectivity index (χ3v) is 8.35. The van der Waals surface area contributed by atoms with Crippen LogP contribution in [-0.4, -0.2) is 63.5 Å². The molecule has 10 nitrogen and oxygen atoms in total. The van der Waals surface area contributed by atoms with Crippen LogP contribution in [0.5, 0.6) is 0 Å². The SMILES string of the molecule is O=C(NCc1ccc([C@@H]2O[C@H](CN3CCN(c4ccc([N+](=O)[O-])cc4)CC3)C[C@H](c3ccc(CO)cc3)O2)cc1)C(Cl)(Cl)Cl. The standard InChI is InChI=1S/C31H33Cl3N4O6/c32-31(33,34)30(40)35-18-21-1-7-24(8-2-21)29-43-27(17-28(44-29)23-5-3-22(20-39)4-6-23)19-36-13-15-37(16-14-36)25-9-11-26(12-10-25)38(41)42/h1-12,27-29,39H,13-20H2,(H,35,40)/t27-,28+,29+/m0/s1. The highest BCUT2D eigenvalue weighted by Gasteiger charge is 2.34. The van der Waals surface area contributed by atoms with E-state index in [1.54, 1.807) is 12.1 Å². The maximum Gasteiger partial charge on any atom is 0.272 e. The van der Waals surface area contributed by atoms with Crippen molar-refractivity contribution in [1.82, 2.24) is 10.2 Å². The van der Waals surface area contributed by atoms with Crippen molar-refractivity contribution in [2.45, 2.75) is 41.9 Å². The smallest absolute Gasteiger partial charge is 0.272 e. The molecule has 2 fully saturated rings. The molecular weight excluding hydrogens is 631 g/mol. The van der Waals surface area contributed by atoms with Crippen LogP contribution < -0.4 is 10.2 Å². The quantitative estimate of drug-likeness (QED) is 0.177. The first-order valence-corrected chi connectivity index (χ1v) is 15.4. The highest BCUT2D eigenvalue weighted by Crippen LogP contribution is 2.38. The van der Waals surface area contributed by atoms with Crippen molar-refractivity contribution in [3.63, 3.8) is 0 Å². The van der Waals surface area contributed by atoms with E-state index in [4.69, 9.17) is 44.3 Å². The number of nitrogens with one attached hydrogen (secondary N) is 1. The van der Waals surface area contributed by atoms with Crippen molar-refractivity contribution >= 4 is 52.1 Å². The number of non-ortho nitro benzene ring substituents is 1. The Kier molecular flexibility index (Phi) is 10.6. The fourth-order valence-corrected chi connectivity index (χ4v) is 5.57. The number of anilines is 1. The van der Waals surface area contributed by atoms with Crippen molar-refractivity contribution in [3.05, 3.63) is 105 Å². The van der Waals surface area contributed by atoms with Gasteiger partial charge in [-0.1, -0.05) is 83.3 Å². The van der Waals surface area contributed by atoms with Gasteiger partial charge in [-0.2, -0.15) is 0 Å². The molecule has 0 unspecified atom stereocenters. The largest absolute Gasteiger partial charge is 0.392 e. The Morgan fingerprint density at radius 2 is 1.52 bits per heavy atom. The molecule has 234 valence electrons. The van der Waals surface area contributed by atoms with Crippen molar-refractivity contribution in [2.24, 2.45) is 0 Å². The lowest BCUT2D eigenvalue weighted by Crippen LogP contribution is -2.49. The summed E-state index contributed by atoms with van der Waals surface area (Å²) in [5.41, 5.74) is 4.56. The lowest BCUT2D eigenvalue weighted by Gasteiger charge is -2.41. The van der Waals surface area contributed by atoms with Crippen LogP contribution in [0.1, 0.15) is 41.1 Å². The summed E-state index contributed by atoms with van der Waals surface area (Å²) in [4.78, 5) is 27.1. The number of aliphatic hydroxyl groups excluding tert-OH is 1. The average Bonchev–Trinajstić information content (AvgIpc) is 3.03. The Hall–Kier alpha value is -2.96. The molecular formula is C31H33Cl3N4O6. The predicted octanol–water partition coefficient (Wildman–Crippen LogP) is 5.44. The lowest BCUT2D eigenvalue weighted by molar-refractivity contribution is -0.384. The van der Waals surface area contributed by atoms with Crippen molar-refractivity contribution in [1.29, 1.82) is 0 Å². The summed E-state index contributed by atoms with van der Waals surface area (Å²) in [6.45, 7) is 4.15. The molecule has 3 aromatic carbocycles. The van der Waals surface area contributed by atoms with E-state index in [9.17, 15) is 20.0 Å². The van der Waals surface area contributed by atoms with E-state index in [-0.39, 0.29) is 36.0 Å². The molecule has 2 heterocycles. The maximum atomic E-state index is 11.9. The number of nitro groups is 1. The molecule has 0 aliphatic carbocycles. The van der Waals surface area contributed by atoms with E-state index in [0.717, 1.165) is 60.7 Å². The van der Waals surface area contributed by atoms with Crippen molar-refractivity contribution in [3.8, 4) is 0 Å². The number of piperazine rings is 1. The van der Waals surface area contributed by atoms with E-state index >= 15 is 0 Å². The van der Waals surface area contributed by atoms with Crippen LogP contribution in [0.4, 0.5) is 11.4 Å². The van der Waals surface area contributed by atoms with E-state index in [1.165, 1.54) is 12.1 Å². The van der Waals surface area contributed by atoms with Gasteiger partial charge in [0.25, 0.3) is 15.4 Å². The zero-order chi connectivity index (χ0) is 31.3. The summed E-state index contributed by atoms with van der Waals surface area (Å²) < 4.78 is 10.9. The van der Waals surface area contributed by atoms with Gasteiger partial charge in [-0.15, -0.1) is 0 Å². The number of rotatable bonds is 9. The summed E-state index contributed by atoms with van der Waals surface area (Å²) in [6.07, 6.45) is -0.261. The van der Waals surface area contributed by atoms with Crippen LogP contribution in [0.2, 0.25) is 0 Å². The first-order valence-electron chi connectivity index (χ1n) is 14.3. The number of halogens is 3. The number of hydrogen-bond donors (Lipinski definition) is 2. The molecule has 2 saturated heterocycles. The summed E-state index contributed by atoms with van der Waals surface area (Å²) in [6, 6.07) is 22.0. The zero-order valence-electron chi connectivity index (χ0n) is 23.8. The first kappa shape index (κ1) is 32.4. The summed E-state index contributed by atoms with van der Waals surface area (Å²) >= 11 is 16.9. The molecule has 3 aromatic rings. The van der Waals surface area contributed by atoms with Gasteiger partial charge in [0.1, 0.15) is 0 Å². The van der Waals surface area contributed by atoms with Crippen LogP contribution in [-0.2, 0) is 27.4 Å². The van der Waals surface area contributed by atoms with Gasteiger partial charge in [-0.3, -0.25) is 19.8 Å². The van der Waals surface area contributed by atoms with Crippen LogP contribution >= 0.6 is 34.8 Å². The number of carbonyl (C=O) groups excluding carboxylic acids is 1. The van der Waals surface area contributed by atoms with Gasteiger partial charge in [0.15, 0.2) is 6.29 Å². The molecule has 2 aliphatic heterocycles. The minimum atomic E-state index is -2.03. The number of ether oxygens (including phenoxy) is 2. The van der Waals surface area contributed by atoms with Crippen LogP contribution in [0, 0.1) is 10.1 Å². The molecule has 0 bridgehead atoms. The molecule has 0 aromatic heterocycles. The number of nitro benzene ring substituents is 1. The van der Waals surface area contributed by atoms with Crippen LogP contribution in [0.25, 0.3) is 0 Å². The van der Waals surface area contributed by atoms with E-state index < -0.39 is 16.0 Å². The maximum absolute atomic E-state index is 11.9. The number of carbonyl (C=O) groups is 1.